The first-order valence-electron chi connectivity index (χ1n) is 2.12. The van der Waals surface area contributed by atoms with Crippen molar-refractivity contribution in [3.8, 4) is 0 Å². The number of hydrogen-bond donors (Lipinski definition) is 6. The van der Waals surface area contributed by atoms with E-state index in [4.69, 9.17) is 34.3 Å². The molecule has 0 aliphatic carbocycles. The van der Waals surface area contributed by atoms with Crippen molar-refractivity contribution in [1.82, 2.24) is 0 Å². The SMILES string of the molecule is OOC(O)(O)C(O)(O)OO.[O]=[Ti]. The van der Waals surface area contributed by atoms with Crippen molar-refractivity contribution in [1.29, 1.82) is 0 Å². The first-order valence-corrected chi connectivity index (χ1v) is 2.76. The Morgan fingerprint density at radius 3 is 1.08 bits per heavy atom. The van der Waals surface area contributed by atoms with Gasteiger partial charge in [-0.2, -0.15) is 9.78 Å². The Hall–Kier alpha value is 0.194. The summed E-state index contributed by atoms with van der Waals surface area (Å²) in [5, 5.41) is 47.7. The monoisotopic (exact) mass is 222 g/mol. The van der Waals surface area contributed by atoms with Crippen molar-refractivity contribution in [2.45, 2.75) is 11.9 Å². The summed E-state index contributed by atoms with van der Waals surface area (Å²) < 4.78 is 8.25. The average molecular weight is 222 g/mol. The second-order valence-electron chi connectivity index (χ2n) is 1.40. The molecule has 0 saturated heterocycles. The van der Waals surface area contributed by atoms with E-state index in [0.717, 1.165) is 20.4 Å². The molecule has 0 fully saturated rings. The number of hydrogen-bond acceptors (Lipinski definition) is 9. The van der Waals surface area contributed by atoms with Crippen molar-refractivity contribution in [3.63, 3.8) is 0 Å². The molecule has 0 radical (unpaired) electrons. The molecule has 0 rings (SSSR count). The van der Waals surface area contributed by atoms with Crippen LogP contribution in [0, 0.1) is 0 Å². The maximum atomic E-state index is 8.25. The van der Waals surface area contributed by atoms with Crippen molar-refractivity contribution < 1.29 is 64.4 Å². The van der Waals surface area contributed by atoms with E-state index in [0.29, 0.717) is 0 Å². The second-order valence-corrected chi connectivity index (χ2v) is 1.40. The third-order valence-electron chi connectivity index (χ3n) is 0.679. The Kier molecular flexibility index (Phi) is 7.08. The molecular weight excluding hydrogens is 216 g/mol. The van der Waals surface area contributed by atoms with Gasteiger partial charge in [0.2, 0.25) is 0 Å². The van der Waals surface area contributed by atoms with Crippen LogP contribution in [0.15, 0.2) is 0 Å². The Bertz CT molecular complexity index is 108. The van der Waals surface area contributed by atoms with E-state index in [1.807, 2.05) is 0 Å². The van der Waals surface area contributed by atoms with E-state index < -0.39 is 11.9 Å². The molecule has 0 heterocycles. The van der Waals surface area contributed by atoms with Crippen LogP contribution in [0.2, 0.25) is 0 Å². The van der Waals surface area contributed by atoms with Gasteiger partial charge in [-0.05, 0) is 0 Å². The van der Waals surface area contributed by atoms with Crippen molar-refractivity contribution in [2.24, 2.45) is 0 Å². The van der Waals surface area contributed by atoms with Crippen molar-refractivity contribution >= 4 is 0 Å². The summed E-state index contributed by atoms with van der Waals surface area (Å²) in [5.41, 5.74) is 0. The molecule has 0 spiro atoms. The van der Waals surface area contributed by atoms with Crippen LogP contribution < -0.4 is 0 Å². The average Bonchev–Trinajstić information content (AvgIpc) is 2.08. The fourth-order valence-electron chi connectivity index (χ4n) is 0.119. The van der Waals surface area contributed by atoms with Crippen LogP contribution in [-0.2, 0) is 33.5 Å². The van der Waals surface area contributed by atoms with Gasteiger partial charge >= 0.3 is 35.7 Å². The summed E-state index contributed by atoms with van der Waals surface area (Å²) in [6.07, 6.45) is 0. The summed E-state index contributed by atoms with van der Waals surface area (Å²) in [5.74, 6) is -7.64. The third kappa shape index (κ3) is 3.73. The fourth-order valence-corrected chi connectivity index (χ4v) is 0.119. The molecule has 0 saturated carbocycles. The van der Waals surface area contributed by atoms with Gasteiger partial charge in [-0.1, -0.05) is 0 Å². The van der Waals surface area contributed by atoms with Gasteiger partial charge in [-0.15, -0.1) is 0 Å². The van der Waals surface area contributed by atoms with Crippen LogP contribution in [0.5, 0.6) is 0 Å². The predicted octanol–water partition coefficient (Wildman–Crippen LogP) is -2.88. The van der Waals surface area contributed by atoms with Crippen LogP contribution in [0.25, 0.3) is 0 Å². The molecule has 6 N–H and O–H groups in total. The van der Waals surface area contributed by atoms with Gasteiger partial charge in [0.15, 0.2) is 0 Å². The van der Waals surface area contributed by atoms with Crippen LogP contribution in [0.3, 0.4) is 0 Å². The summed E-state index contributed by atoms with van der Waals surface area (Å²) in [6.45, 7) is 0. The maximum absolute atomic E-state index is 8.25. The Balaban J connectivity index is 0. The summed E-state index contributed by atoms with van der Waals surface area (Å²) in [4.78, 5) is 5.44. The van der Waals surface area contributed by atoms with E-state index in [1.54, 1.807) is 0 Å². The molecule has 9 nitrogen and oxygen atoms in total. The molecular formula is C2H6O9Ti. The molecule has 72 valence electrons. The molecule has 0 aliphatic rings. The van der Waals surface area contributed by atoms with Gasteiger partial charge in [-0.25, -0.2) is 10.5 Å². The Morgan fingerprint density at radius 2 is 1.00 bits per heavy atom. The van der Waals surface area contributed by atoms with Crippen LogP contribution in [0.4, 0.5) is 0 Å². The first-order chi connectivity index (χ1) is 5.37. The fraction of sp³-hybridized carbons (Fsp3) is 1.00. The molecule has 0 aromatic heterocycles. The van der Waals surface area contributed by atoms with Gasteiger partial charge in [0.1, 0.15) is 0 Å². The van der Waals surface area contributed by atoms with Crippen LogP contribution >= 0.6 is 0 Å². The first kappa shape index (κ1) is 14.7. The van der Waals surface area contributed by atoms with E-state index in [2.05, 4.69) is 9.78 Å². The van der Waals surface area contributed by atoms with Gasteiger partial charge in [0, 0.05) is 0 Å². The topological polar surface area (TPSA) is 157 Å². The summed E-state index contributed by atoms with van der Waals surface area (Å²) >= 11 is 0.750. The quantitative estimate of drug-likeness (QED) is 0.128. The molecule has 0 unspecified atom stereocenters. The molecule has 0 aromatic carbocycles. The normalized spacial score (nSPS) is 11.8. The zero-order chi connectivity index (χ0) is 10.4. The number of aliphatic hydroxyl groups is 4. The molecule has 0 aromatic rings. The second kappa shape index (κ2) is 5.77. The van der Waals surface area contributed by atoms with Crippen LogP contribution in [-0.4, -0.2) is 42.9 Å². The minimum atomic E-state index is -3.82. The summed E-state index contributed by atoms with van der Waals surface area (Å²) in [6, 6.07) is 0. The van der Waals surface area contributed by atoms with Gasteiger partial charge in [0.05, 0.1) is 0 Å². The number of rotatable bonds is 3. The van der Waals surface area contributed by atoms with Crippen molar-refractivity contribution in [2.75, 3.05) is 0 Å². The standard InChI is InChI=1S/C2H6O8.O.Ti/c3-1(4,9-7)2(5,6)10-8;;/h3-8H;;. The zero-order valence-corrected chi connectivity index (χ0v) is 6.97. The van der Waals surface area contributed by atoms with Crippen molar-refractivity contribution in [3.05, 3.63) is 0 Å². The van der Waals surface area contributed by atoms with Crippen LogP contribution in [0.1, 0.15) is 0 Å². The molecule has 0 amide bonds. The third-order valence-corrected chi connectivity index (χ3v) is 0.679. The molecule has 12 heavy (non-hydrogen) atoms. The molecule has 10 heteroatoms. The molecule has 0 bridgehead atoms. The Labute approximate surface area is 77.0 Å². The van der Waals surface area contributed by atoms with E-state index in [9.17, 15) is 0 Å². The minimum absolute atomic E-state index is 0.750. The van der Waals surface area contributed by atoms with Gasteiger partial charge in [-0.3, -0.25) is 0 Å². The zero-order valence-electron chi connectivity index (χ0n) is 5.41. The summed E-state index contributed by atoms with van der Waals surface area (Å²) in [7, 11) is 0. The van der Waals surface area contributed by atoms with Gasteiger partial charge in [0.25, 0.3) is 0 Å². The predicted molar refractivity (Wildman–Crippen MR) is 22.5 cm³/mol. The van der Waals surface area contributed by atoms with Gasteiger partial charge < -0.3 is 20.4 Å². The van der Waals surface area contributed by atoms with E-state index in [1.165, 1.54) is 0 Å². The van der Waals surface area contributed by atoms with E-state index >= 15 is 0 Å². The molecule has 0 atom stereocenters. The van der Waals surface area contributed by atoms with E-state index in [-0.39, 0.29) is 0 Å². The Morgan fingerprint density at radius 1 is 0.833 bits per heavy atom. The molecule has 0 aliphatic heterocycles.